The van der Waals surface area contributed by atoms with E-state index >= 15 is 0 Å². The van der Waals surface area contributed by atoms with Crippen LogP contribution in [-0.2, 0) is 13.2 Å². The topological polar surface area (TPSA) is 48.1 Å². The maximum atomic E-state index is 6.24. The number of hydrogen-bond acceptors (Lipinski definition) is 3. The summed E-state index contributed by atoms with van der Waals surface area (Å²) >= 11 is 6.24. The van der Waals surface area contributed by atoms with Gasteiger partial charge in [-0.15, -0.1) is 0 Å². The van der Waals surface area contributed by atoms with E-state index in [2.05, 4.69) is 4.98 Å². The van der Waals surface area contributed by atoms with Crippen LogP contribution in [0.2, 0.25) is 5.02 Å². The lowest BCUT2D eigenvalue weighted by atomic mass is 10.1. The molecule has 0 atom stereocenters. The van der Waals surface area contributed by atoms with Crippen molar-refractivity contribution in [3.63, 3.8) is 0 Å². The first kappa shape index (κ1) is 13.9. The molecular weight excluding hydrogens is 284 g/mol. The number of halogens is 1. The highest BCUT2D eigenvalue weighted by Gasteiger charge is 2.06. The summed E-state index contributed by atoms with van der Waals surface area (Å²) in [6.45, 7) is 0.882. The van der Waals surface area contributed by atoms with E-state index in [0.717, 1.165) is 27.8 Å². The molecule has 2 aromatic carbocycles. The molecule has 1 aromatic heterocycles. The molecule has 0 radical (unpaired) electrons. The Kier molecular flexibility index (Phi) is 4.04. The lowest BCUT2D eigenvalue weighted by Crippen LogP contribution is -2.00. The van der Waals surface area contributed by atoms with E-state index < -0.39 is 0 Å². The van der Waals surface area contributed by atoms with Crippen molar-refractivity contribution in [3.05, 3.63) is 70.9 Å². The maximum absolute atomic E-state index is 6.24. The Morgan fingerprint density at radius 3 is 2.76 bits per heavy atom. The van der Waals surface area contributed by atoms with Gasteiger partial charge in [0.1, 0.15) is 17.9 Å². The number of hydrogen-bond donors (Lipinski definition) is 1. The van der Waals surface area contributed by atoms with Gasteiger partial charge in [-0.3, -0.25) is 4.98 Å². The van der Waals surface area contributed by atoms with Crippen LogP contribution >= 0.6 is 11.6 Å². The second-order valence-corrected chi connectivity index (χ2v) is 5.16. The quantitative estimate of drug-likeness (QED) is 0.794. The molecule has 3 rings (SSSR count). The van der Waals surface area contributed by atoms with Gasteiger partial charge >= 0.3 is 0 Å². The van der Waals surface area contributed by atoms with E-state index in [1.807, 2.05) is 48.5 Å². The van der Waals surface area contributed by atoms with E-state index in [0.29, 0.717) is 18.2 Å². The SMILES string of the molecule is NCc1ccc(COc2cccc3cccnc23)c(Cl)c1. The van der Waals surface area contributed by atoms with Crippen molar-refractivity contribution in [3.8, 4) is 5.75 Å². The standard InChI is InChI=1S/C17H15ClN2O/c18-15-9-12(10-19)6-7-14(15)11-21-16-5-1-3-13-4-2-8-20-17(13)16/h1-9H,10-11,19H2. The normalized spacial score (nSPS) is 10.8. The molecule has 3 aromatic rings. The molecule has 0 bridgehead atoms. The number of nitrogens with two attached hydrogens (primary N) is 1. The van der Waals surface area contributed by atoms with Crippen molar-refractivity contribution in [2.75, 3.05) is 0 Å². The van der Waals surface area contributed by atoms with Crippen LogP contribution in [0.4, 0.5) is 0 Å². The van der Waals surface area contributed by atoms with Crippen LogP contribution in [0.1, 0.15) is 11.1 Å². The van der Waals surface area contributed by atoms with E-state index in [4.69, 9.17) is 22.1 Å². The molecule has 0 saturated carbocycles. The fraction of sp³-hybridized carbons (Fsp3) is 0.118. The van der Waals surface area contributed by atoms with Crippen LogP contribution in [0.3, 0.4) is 0 Å². The smallest absolute Gasteiger partial charge is 0.146 e. The van der Waals surface area contributed by atoms with Crippen LogP contribution in [0.5, 0.6) is 5.75 Å². The van der Waals surface area contributed by atoms with Crippen molar-refractivity contribution in [2.45, 2.75) is 13.2 Å². The second-order valence-electron chi connectivity index (χ2n) is 4.75. The van der Waals surface area contributed by atoms with Crippen molar-refractivity contribution in [1.82, 2.24) is 4.98 Å². The van der Waals surface area contributed by atoms with E-state index in [1.54, 1.807) is 6.20 Å². The molecular formula is C17H15ClN2O. The van der Waals surface area contributed by atoms with Crippen LogP contribution < -0.4 is 10.5 Å². The zero-order chi connectivity index (χ0) is 14.7. The number of rotatable bonds is 4. The fourth-order valence-corrected chi connectivity index (χ4v) is 2.44. The summed E-state index contributed by atoms with van der Waals surface area (Å²) < 4.78 is 5.88. The minimum atomic E-state index is 0.402. The van der Waals surface area contributed by atoms with Gasteiger partial charge in [-0.25, -0.2) is 0 Å². The zero-order valence-corrected chi connectivity index (χ0v) is 12.2. The first-order valence-electron chi connectivity index (χ1n) is 6.72. The van der Waals surface area contributed by atoms with Crippen molar-refractivity contribution < 1.29 is 4.74 Å². The summed E-state index contributed by atoms with van der Waals surface area (Å²) in [5.41, 5.74) is 8.40. The third-order valence-electron chi connectivity index (χ3n) is 3.33. The molecule has 0 unspecified atom stereocenters. The molecule has 3 nitrogen and oxygen atoms in total. The van der Waals surface area contributed by atoms with Gasteiger partial charge < -0.3 is 10.5 Å². The number of pyridine rings is 1. The Morgan fingerprint density at radius 1 is 1.10 bits per heavy atom. The highest BCUT2D eigenvalue weighted by molar-refractivity contribution is 6.31. The number of ether oxygens (including phenoxy) is 1. The molecule has 21 heavy (non-hydrogen) atoms. The first-order valence-corrected chi connectivity index (χ1v) is 7.09. The Bertz CT molecular complexity index is 768. The maximum Gasteiger partial charge on any atom is 0.146 e. The Balaban J connectivity index is 1.84. The van der Waals surface area contributed by atoms with Gasteiger partial charge in [-0.2, -0.15) is 0 Å². The molecule has 0 fully saturated rings. The van der Waals surface area contributed by atoms with Gasteiger partial charge in [0.05, 0.1) is 0 Å². The highest BCUT2D eigenvalue weighted by Crippen LogP contribution is 2.25. The molecule has 4 heteroatoms. The van der Waals surface area contributed by atoms with Gasteiger partial charge in [-0.1, -0.05) is 41.9 Å². The number of nitrogens with zero attached hydrogens (tertiary/aromatic N) is 1. The third-order valence-corrected chi connectivity index (χ3v) is 3.68. The van der Waals surface area contributed by atoms with Gasteiger partial charge in [-0.05, 0) is 23.8 Å². The van der Waals surface area contributed by atoms with Crippen LogP contribution in [0.15, 0.2) is 54.7 Å². The minimum absolute atomic E-state index is 0.402. The molecule has 2 N–H and O–H groups in total. The Hall–Kier alpha value is -2.10. The monoisotopic (exact) mass is 298 g/mol. The lowest BCUT2D eigenvalue weighted by Gasteiger charge is -2.10. The zero-order valence-electron chi connectivity index (χ0n) is 11.4. The summed E-state index contributed by atoms with van der Waals surface area (Å²) in [5.74, 6) is 0.757. The second kappa shape index (κ2) is 6.12. The molecule has 0 spiro atoms. The van der Waals surface area contributed by atoms with E-state index in [1.165, 1.54) is 0 Å². The number of aromatic nitrogens is 1. The summed E-state index contributed by atoms with van der Waals surface area (Å²) in [6, 6.07) is 15.6. The van der Waals surface area contributed by atoms with Crippen molar-refractivity contribution in [2.24, 2.45) is 5.73 Å². The Labute approximate surface area is 128 Å². The van der Waals surface area contributed by atoms with E-state index in [-0.39, 0.29) is 0 Å². The predicted octanol–water partition coefficient (Wildman–Crippen LogP) is 3.93. The molecule has 106 valence electrons. The molecule has 0 aliphatic heterocycles. The predicted molar refractivity (Wildman–Crippen MR) is 85.4 cm³/mol. The number of para-hydroxylation sites is 1. The Morgan fingerprint density at radius 2 is 1.95 bits per heavy atom. The van der Waals surface area contributed by atoms with Crippen molar-refractivity contribution in [1.29, 1.82) is 0 Å². The molecule has 0 aliphatic carbocycles. The molecule has 0 aliphatic rings. The minimum Gasteiger partial charge on any atom is -0.487 e. The van der Waals surface area contributed by atoms with Gasteiger partial charge in [0.2, 0.25) is 0 Å². The molecule has 0 saturated heterocycles. The summed E-state index contributed by atoms with van der Waals surface area (Å²) in [7, 11) is 0. The summed E-state index contributed by atoms with van der Waals surface area (Å²) in [4.78, 5) is 4.37. The largest absolute Gasteiger partial charge is 0.487 e. The van der Waals surface area contributed by atoms with Gasteiger partial charge in [0, 0.05) is 28.7 Å². The van der Waals surface area contributed by atoms with Crippen LogP contribution in [-0.4, -0.2) is 4.98 Å². The number of fused-ring (bicyclic) bond motifs is 1. The molecule has 1 heterocycles. The van der Waals surface area contributed by atoms with Crippen molar-refractivity contribution >= 4 is 22.5 Å². The highest BCUT2D eigenvalue weighted by atomic mass is 35.5. The van der Waals surface area contributed by atoms with Crippen LogP contribution in [0, 0.1) is 0 Å². The van der Waals surface area contributed by atoms with Gasteiger partial charge in [0.25, 0.3) is 0 Å². The average Bonchev–Trinajstić information content (AvgIpc) is 2.53. The third kappa shape index (κ3) is 2.99. The first-order chi connectivity index (χ1) is 10.3. The average molecular weight is 299 g/mol. The molecule has 0 amide bonds. The summed E-state index contributed by atoms with van der Waals surface area (Å²) in [6.07, 6.45) is 1.76. The number of benzene rings is 2. The van der Waals surface area contributed by atoms with Crippen LogP contribution in [0.25, 0.3) is 10.9 Å². The summed E-state index contributed by atoms with van der Waals surface area (Å²) in [5, 5.41) is 1.73. The fourth-order valence-electron chi connectivity index (χ4n) is 2.18. The lowest BCUT2D eigenvalue weighted by molar-refractivity contribution is 0.309. The van der Waals surface area contributed by atoms with E-state index in [9.17, 15) is 0 Å². The van der Waals surface area contributed by atoms with Gasteiger partial charge in [0.15, 0.2) is 0 Å².